The largest absolute Gasteiger partial charge is 0.490 e. The van der Waals surface area contributed by atoms with E-state index >= 15 is 0 Å². The first-order valence-corrected chi connectivity index (χ1v) is 7.83. The number of pyridine rings is 1. The number of aromatic amines is 1. The van der Waals surface area contributed by atoms with E-state index in [1.165, 1.54) is 6.42 Å². The maximum absolute atomic E-state index is 12.4. The van der Waals surface area contributed by atoms with Crippen molar-refractivity contribution in [2.45, 2.75) is 32.3 Å². The number of ether oxygens (including phenoxy) is 1. The Labute approximate surface area is 133 Å². The van der Waals surface area contributed by atoms with Gasteiger partial charge in [0.05, 0.1) is 17.0 Å². The molecule has 116 valence electrons. The number of nitrogens with zero attached hydrogens (tertiary/aromatic N) is 2. The second-order valence-corrected chi connectivity index (χ2v) is 5.93. The molecule has 2 aromatic heterocycles. The van der Waals surface area contributed by atoms with Gasteiger partial charge < -0.3 is 9.72 Å². The van der Waals surface area contributed by atoms with Gasteiger partial charge in [0.25, 0.3) is 5.56 Å². The van der Waals surface area contributed by atoms with E-state index in [1.54, 1.807) is 6.20 Å². The minimum Gasteiger partial charge on any atom is -0.490 e. The minimum absolute atomic E-state index is 0.143. The fourth-order valence-electron chi connectivity index (χ4n) is 2.78. The lowest BCUT2D eigenvalue weighted by atomic mass is 9.96. The zero-order chi connectivity index (χ0) is 15.8. The van der Waals surface area contributed by atoms with Crippen molar-refractivity contribution in [3.8, 4) is 17.3 Å². The fourth-order valence-corrected chi connectivity index (χ4v) is 2.78. The van der Waals surface area contributed by atoms with E-state index in [0.717, 1.165) is 24.2 Å². The van der Waals surface area contributed by atoms with Crippen molar-refractivity contribution in [3.63, 3.8) is 0 Å². The quantitative estimate of drug-likeness (QED) is 0.806. The maximum Gasteiger partial charge on any atom is 0.259 e. The highest BCUT2D eigenvalue weighted by atomic mass is 16.5. The molecule has 1 fully saturated rings. The van der Waals surface area contributed by atoms with Crippen LogP contribution in [0.5, 0.6) is 5.75 Å². The molecular formula is C18H17N3O2. The summed E-state index contributed by atoms with van der Waals surface area (Å²) in [5, 5.41) is 0.623. The van der Waals surface area contributed by atoms with Crippen LogP contribution in [0.25, 0.3) is 22.4 Å². The molecule has 1 aliphatic carbocycles. The molecule has 5 heteroatoms. The lowest BCUT2D eigenvalue weighted by Crippen LogP contribution is -2.24. The Kier molecular flexibility index (Phi) is 3.33. The summed E-state index contributed by atoms with van der Waals surface area (Å²) in [5.74, 6) is 1.24. The predicted molar refractivity (Wildman–Crippen MR) is 88.6 cm³/mol. The number of nitrogens with one attached hydrogen (secondary N) is 1. The van der Waals surface area contributed by atoms with E-state index in [2.05, 4.69) is 15.0 Å². The molecule has 0 radical (unpaired) electrons. The Balaban J connectivity index is 1.76. The first kappa shape index (κ1) is 13.9. The smallest absolute Gasteiger partial charge is 0.259 e. The summed E-state index contributed by atoms with van der Waals surface area (Å²) in [5.41, 5.74) is 2.06. The van der Waals surface area contributed by atoms with Crippen LogP contribution in [0.15, 0.2) is 41.3 Å². The standard InChI is InChI=1S/C18H17N3O2/c1-11-4-2-7-14-16(11)18(22)21-17(20-14)15-10-13(8-9-19-15)23-12-5-3-6-12/h2,4,7-10,12H,3,5-6H2,1H3,(H,20,21,22). The molecule has 3 aromatic rings. The summed E-state index contributed by atoms with van der Waals surface area (Å²) in [7, 11) is 0. The summed E-state index contributed by atoms with van der Waals surface area (Å²) in [4.78, 5) is 24.1. The maximum atomic E-state index is 12.4. The Bertz CT molecular complexity index is 929. The van der Waals surface area contributed by atoms with Crippen molar-refractivity contribution in [3.05, 3.63) is 52.4 Å². The first-order valence-electron chi connectivity index (χ1n) is 7.83. The monoisotopic (exact) mass is 307 g/mol. The lowest BCUT2D eigenvalue weighted by molar-refractivity contribution is 0.120. The van der Waals surface area contributed by atoms with Crippen LogP contribution >= 0.6 is 0 Å². The van der Waals surface area contributed by atoms with Gasteiger partial charge in [0, 0.05) is 12.3 Å². The third-order valence-corrected chi connectivity index (χ3v) is 4.27. The third-order valence-electron chi connectivity index (χ3n) is 4.27. The van der Waals surface area contributed by atoms with Crippen LogP contribution in [-0.2, 0) is 0 Å². The van der Waals surface area contributed by atoms with E-state index in [1.807, 2.05) is 37.3 Å². The van der Waals surface area contributed by atoms with E-state index in [4.69, 9.17) is 4.74 Å². The van der Waals surface area contributed by atoms with Gasteiger partial charge in [0.2, 0.25) is 0 Å². The van der Waals surface area contributed by atoms with Crippen LogP contribution < -0.4 is 10.3 Å². The number of fused-ring (bicyclic) bond motifs is 1. The molecule has 2 heterocycles. The Morgan fingerprint density at radius 2 is 2.13 bits per heavy atom. The summed E-state index contributed by atoms with van der Waals surface area (Å²) in [6.45, 7) is 1.91. The Hall–Kier alpha value is -2.69. The number of hydrogen-bond acceptors (Lipinski definition) is 4. The second-order valence-electron chi connectivity index (χ2n) is 5.93. The molecule has 5 nitrogen and oxygen atoms in total. The second kappa shape index (κ2) is 5.50. The van der Waals surface area contributed by atoms with Crippen LogP contribution in [-0.4, -0.2) is 21.1 Å². The molecule has 0 spiro atoms. The van der Waals surface area contributed by atoms with Crippen molar-refractivity contribution in [2.75, 3.05) is 0 Å². The van der Waals surface area contributed by atoms with Crippen LogP contribution in [0.4, 0.5) is 0 Å². The molecule has 0 bridgehead atoms. The molecule has 1 saturated carbocycles. The van der Waals surface area contributed by atoms with Crippen molar-refractivity contribution in [2.24, 2.45) is 0 Å². The average molecular weight is 307 g/mol. The third kappa shape index (κ3) is 2.59. The van der Waals surface area contributed by atoms with Gasteiger partial charge in [-0.25, -0.2) is 4.98 Å². The molecule has 1 aliphatic rings. The molecule has 4 rings (SSSR count). The zero-order valence-electron chi connectivity index (χ0n) is 12.9. The molecule has 0 unspecified atom stereocenters. The fraction of sp³-hybridized carbons (Fsp3) is 0.278. The van der Waals surface area contributed by atoms with Crippen molar-refractivity contribution in [1.82, 2.24) is 15.0 Å². The summed E-state index contributed by atoms with van der Waals surface area (Å²) < 4.78 is 5.89. The lowest BCUT2D eigenvalue weighted by Gasteiger charge is -2.26. The number of hydrogen-bond donors (Lipinski definition) is 1. The number of benzene rings is 1. The van der Waals surface area contributed by atoms with E-state index in [-0.39, 0.29) is 5.56 Å². The summed E-state index contributed by atoms with van der Waals surface area (Å²) in [6.07, 6.45) is 5.41. The van der Waals surface area contributed by atoms with Gasteiger partial charge in [-0.05, 0) is 43.9 Å². The molecule has 0 aliphatic heterocycles. The van der Waals surface area contributed by atoms with Crippen molar-refractivity contribution >= 4 is 10.9 Å². The Morgan fingerprint density at radius 1 is 1.26 bits per heavy atom. The zero-order valence-corrected chi connectivity index (χ0v) is 12.9. The molecule has 1 aromatic carbocycles. The van der Waals surface area contributed by atoms with E-state index in [9.17, 15) is 4.79 Å². The summed E-state index contributed by atoms with van der Waals surface area (Å²) in [6, 6.07) is 9.32. The van der Waals surface area contributed by atoms with Crippen LogP contribution in [0.2, 0.25) is 0 Å². The van der Waals surface area contributed by atoms with Gasteiger partial charge in [-0.3, -0.25) is 9.78 Å². The van der Waals surface area contributed by atoms with Gasteiger partial charge in [-0.1, -0.05) is 12.1 Å². The van der Waals surface area contributed by atoms with Gasteiger partial charge in [0.15, 0.2) is 5.82 Å². The average Bonchev–Trinajstić information content (AvgIpc) is 2.51. The molecular weight excluding hydrogens is 290 g/mol. The molecule has 0 atom stereocenters. The van der Waals surface area contributed by atoms with E-state index in [0.29, 0.717) is 28.5 Å². The van der Waals surface area contributed by atoms with Crippen LogP contribution in [0.3, 0.4) is 0 Å². The van der Waals surface area contributed by atoms with E-state index < -0.39 is 0 Å². The topological polar surface area (TPSA) is 67.9 Å². The highest BCUT2D eigenvalue weighted by molar-refractivity contribution is 5.82. The predicted octanol–water partition coefficient (Wildman–Crippen LogP) is 3.22. The van der Waals surface area contributed by atoms with Gasteiger partial charge in [0.1, 0.15) is 11.4 Å². The van der Waals surface area contributed by atoms with Gasteiger partial charge >= 0.3 is 0 Å². The molecule has 1 N–H and O–H groups in total. The number of aryl methyl sites for hydroxylation is 1. The van der Waals surface area contributed by atoms with Crippen LogP contribution in [0.1, 0.15) is 24.8 Å². The first-order chi connectivity index (χ1) is 11.2. The number of H-pyrrole nitrogens is 1. The normalized spacial score (nSPS) is 14.7. The summed E-state index contributed by atoms with van der Waals surface area (Å²) >= 11 is 0. The number of rotatable bonds is 3. The van der Waals surface area contributed by atoms with Crippen molar-refractivity contribution < 1.29 is 4.74 Å². The molecule has 23 heavy (non-hydrogen) atoms. The van der Waals surface area contributed by atoms with Crippen LogP contribution in [0, 0.1) is 6.92 Å². The minimum atomic E-state index is -0.143. The Morgan fingerprint density at radius 3 is 2.91 bits per heavy atom. The molecule has 0 amide bonds. The highest BCUT2D eigenvalue weighted by Gasteiger charge is 2.19. The SMILES string of the molecule is Cc1cccc2nc(-c3cc(OC4CCC4)ccn3)[nH]c(=O)c12. The van der Waals surface area contributed by atoms with Crippen molar-refractivity contribution in [1.29, 1.82) is 0 Å². The highest BCUT2D eigenvalue weighted by Crippen LogP contribution is 2.26. The molecule has 0 saturated heterocycles. The van der Waals surface area contributed by atoms with Gasteiger partial charge in [-0.2, -0.15) is 0 Å². The van der Waals surface area contributed by atoms with Gasteiger partial charge in [-0.15, -0.1) is 0 Å². The number of aromatic nitrogens is 3.